The van der Waals surface area contributed by atoms with Crippen LogP contribution in [0.25, 0.3) is 0 Å². The molecule has 1 aromatic rings. The fourth-order valence-corrected chi connectivity index (χ4v) is 3.44. The first-order valence-electron chi connectivity index (χ1n) is 12.8. The van der Waals surface area contributed by atoms with Crippen molar-refractivity contribution < 1.29 is 53.6 Å². The predicted molar refractivity (Wildman–Crippen MR) is 147 cm³/mol. The molecule has 0 bridgehead atoms. The van der Waals surface area contributed by atoms with Crippen molar-refractivity contribution in [1.29, 1.82) is 0 Å². The van der Waals surface area contributed by atoms with E-state index in [0.29, 0.717) is 0 Å². The fourth-order valence-electron chi connectivity index (χ4n) is 3.44. The van der Waals surface area contributed by atoms with Crippen LogP contribution < -0.4 is 37.5 Å². The zero-order valence-electron chi connectivity index (χ0n) is 23.2. The van der Waals surface area contributed by atoms with Crippen molar-refractivity contribution in [3.8, 4) is 5.75 Å². The van der Waals surface area contributed by atoms with E-state index in [4.69, 9.17) is 31.5 Å². The second-order valence-electron chi connectivity index (χ2n) is 8.92. The summed E-state index contributed by atoms with van der Waals surface area (Å²) in [6, 6.07) is 1.34. The summed E-state index contributed by atoms with van der Waals surface area (Å²) in [5.74, 6) is -7.39. The number of nitrogens with zero attached hydrogens (tertiary/aromatic N) is 1. The van der Waals surface area contributed by atoms with Gasteiger partial charge in [-0.3, -0.25) is 33.8 Å². The number of benzene rings is 1. The minimum absolute atomic E-state index is 0.00703. The van der Waals surface area contributed by atoms with Crippen LogP contribution in [0.2, 0.25) is 0 Å². The number of aliphatic carboxylic acids is 2. The Hall–Kier alpha value is -5.26. The minimum Gasteiger partial charge on any atom is -0.481 e. The fraction of sp³-hybridized carbons (Fsp3) is 0.440. The summed E-state index contributed by atoms with van der Waals surface area (Å²) in [4.78, 5) is 88.3. The van der Waals surface area contributed by atoms with Gasteiger partial charge in [0, 0.05) is 19.9 Å². The molecular weight excluding hydrogens is 574 g/mol. The first-order valence-corrected chi connectivity index (χ1v) is 12.8. The molecule has 1 rings (SSSR count). The van der Waals surface area contributed by atoms with Crippen molar-refractivity contribution in [3.63, 3.8) is 0 Å². The van der Waals surface area contributed by atoms with Gasteiger partial charge in [0.2, 0.25) is 17.7 Å². The van der Waals surface area contributed by atoms with Crippen LogP contribution in [0, 0.1) is 0 Å². The monoisotopic (exact) mass is 609 g/mol. The molecule has 0 unspecified atom stereocenters. The summed E-state index contributed by atoms with van der Waals surface area (Å²) >= 11 is 0. The molecule has 0 saturated carbocycles. The molecule has 236 valence electrons. The molecule has 0 fully saturated rings. The van der Waals surface area contributed by atoms with Gasteiger partial charge < -0.3 is 52.8 Å². The lowest BCUT2D eigenvalue weighted by molar-refractivity contribution is -0.144. The number of aliphatic hydroxyl groups is 1. The van der Waals surface area contributed by atoms with Crippen molar-refractivity contribution in [1.82, 2.24) is 21.3 Å². The number of aliphatic hydroxyl groups excluding tert-OH is 1. The van der Waals surface area contributed by atoms with Gasteiger partial charge in [0.05, 0.1) is 18.7 Å². The molecule has 18 nitrogen and oxygen atoms in total. The average Bonchev–Trinajstić information content (AvgIpc) is 2.93. The van der Waals surface area contributed by atoms with Crippen LogP contribution >= 0.6 is 0 Å². The molecule has 0 aliphatic rings. The Morgan fingerprint density at radius 2 is 1.56 bits per heavy atom. The summed E-state index contributed by atoms with van der Waals surface area (Å²) in [7, 11) is 0. The summed E-state index contributed by atoms with van der Waals surface area (Å²) < 4.78 is 5.03. The van der Waals surface area contributed by atoms with Crippen LogP contribution in [0.1, 0.15) is 43.0 Å². The van der Waals surface area contributed by atoms with Crippen LogP contribution in [-0.2, 0) is 28.8 Å². The number of ether oxygens (including phenoxy) is 1. The Morgan fingerprint density at radius 1 is 0.907 bits per heavy atom. The summed E-state index contributed by atoms with van der Waals surface area (Å²) in [5.41, 5.74) is 10.6. The number of carbonyl (C=O) groups excluding carboxylic acids is 5. The topological polar surface area (TPSA) is 302 Å². The number of carboxylic acids is 2. The number of guanidine groups is 1. The third-order valence-corrected chi connectivity index (χ3v) is 5.47. The van der Waals surface area contributed by atoms with E-state index in [1.54, 1.807) is 0 Å². The number of carboxylic acid groups (broad SMARTS) is 2. The molecular formula is C25H35N7O11. The highest BCUT2D eigenvalue weighted by Gasteiger charge is 2.28. The molecule has 43 heavy (non-hydrogen) atoms. The van der Waals surface area contributed by atoms with E-state index >= 15 is 0 Å². The molecule has 1 aromatic carbocycles. The second-order valence-corrected chi connectivity index (χ2v) is 8.92. The predicted octanol–water partition coefficient (Wildman–Crippen LogP) is -3.21. The van der Waals surface area contributed by atoms with E-state index in [1.165, 1.54) is 24.3 Å². The van der Waals surface area contributed by atoms with E-state index in [1.807, 2.05) is 5.32 Å². The maximum absolute atomic E-state index is 13.0. The van der Waals surface area contributed by atoms with Gasteiger partial charge in [-0.15, -0.1) is 0 Å². The van der Waals surface area contributed by atoms with Gasteiger partial charge in [0.25, 0.3) is 5.91 Å². The van der Waals surface area contributed by atoms with Gasteiger partial charge in [-0.25, -0.2) is 4.79 Å². The van der Waals surface area contributed by atoms with E-state index in [0.717, 1.165) is 6.92 Å². The Balaban J connectivity index is 2.99. The van der Waals surface area contributed by atoms with E-state index < -0.39 is 85.7 Å². The number of carbonyl (C=O) groups is 7. The van der Waals surface area contributed by atoms with Gasteiger partial charge in [0.1, 0.15) is 23.9 Å². The van der Waals surface area contributed by atoms with Crippen LogP contribution in [-0.4, -0.2) is 101 Å². The van der Waals surface area contributed by atoms with Crippen molar-refractivity contribution in [2.24, 2.45) is 16.5 Å². The standard InChI is InChI=1S/C25H35N7O11/c1-13(34)43-18-7-3-2-5-14(18)21(38)31-15(6-4-10-28-25(26)27)22(39)29-11-19(35)30-16(8-9-20(36)37)23(40)32-17(12-33)24(41)42/h2-3,5,7,15-17,33H,4,6,8-12H2,1H3,(H,29,39)(H,30,35)(H,31,38)(H,32,40)(H,36,37)(H,41,42)(H4,26,27,28)/t15-,16-,17-/m0/s1. The maximum atomic E-state index is 13.0. The Kier molecular flexibility index (Phi) is 15.2. The number of para-hydroxylation sites is 1. The molecule has 0 aliphatic carbocycles. The molecule has 0 aliphatic heterocycles. The normalized spacial score (nSPS) is 12.4. The lowest BCUT2D eigenvalue weighted by Gasteiger charge is -2.21. The Bertz CT molecular complexity index is 1220. The highest BCUT2D eigenvalue weighted by molar-refractivity contribution is 6.00. The molecule has 0 heterocycles. The van der Waals surface area contributed by atoms with Gasteiger partial charge in [0.15, 0.2) is 5.96 Å². The van der Waals surface area contributed by atoms with Gasteiger partial charge in [-0.2, -0.15) is 0 Å². The quantitative estimate of drug-likeness (QED) is 0.0261. The third-order valence-electron chi connectivity index (χ3n) is 5.47. The molecule has 0 spiro atoms. The number of nitrogens with two attached hydrogens (primary N) is 2. The largest absolute Gasteiger partial charge is 0.481 e. The maximum Gasteiger partial charge on any atom is 0.328 e. The SMILES string of the molecule is CC(=O)Oc1ccccc1C(=O)N[C@@H](CCCN=C(N)N)C(=O)NCC(=O)N[C@@H](CCC(=O)O)C(=O)N[C@@H](CO)C(=O)O. The Labute approximate surface area is 245 Å². The first-order chi connectivity index (χ1) is 20.2. The molecule has 11 N–H and O–H groups in total. The number of hydrogen-bond acceptors (Lipinski definition) is 10. The average molecular weight is 610 g/mol. The smallest absolute Gasteiger partial charge is 0.328 e. The summed E-state index contributed by atoms with van der Waals surface area (Å²) in [6.07, 6.45) is -0.766. The van der Waals surface area contributed by atoms with Gasteiger partial charge in [-0.05, 0) is 31.4 Å². The zero-order chi connectivity index (χ0) is 32.5. The van der Waals surface area contributed by atoms with Crippen molar-refractivity contribution >= 4 is 47.5 Å². The molecule has 0 radical (unpaired) electrons. The highest BCUT2D eigenvalue weighted by atomic mass is 16.5. The molecule has 3 atom stereocenters. The number of amides is 4. The Morgan fingerprint density at radius 3 is 2.14 bits per heavy atom. The second kappa shape index (κ2) is 18.2. The van der Waals surface area contributed by atoms with Crippen LogP contribution in [0.5, 0.6) is 5.75 Å². The molecule has 18 heteroatoms. The summed E-state index contributed by atoms with van der Waals surface area (Å²) in [5, 5.41) is 36.1. The van der Waals surface area contributed by atoms with E-state index in [9.17, 15) is 33.6 Å². The number of hydrogen-bond donors (Lipinski definition) is 9. The van der Waals surface area contributed by atoms with Gasteiger partial charge >= 0.3 is 17.9 Å². The van der Waals surface area contributed by atoms with Crippen LogP contribution in [0.15, 0.2) is 29.3 Å². The number of esters is 1. The van der Waals surface area contributed by atoms with Gasteiger partial charge in [-0.1, -0.05) is 12.1 Å². The first kappa shape index (κ1) is 35.8. The number of nitrogens with one attached hydrogen (secondary N) is 4. The molecule has 4 amide bonds. The van der Waals surface area contributed by atoms with E-state index in [-0.39, 0.29) is 36.7 Å². The lowest BCUT2D eigenvalue weighted by atomic mass is 10.1. The van der Waals surface area contributed by atoms with Crippen LogP contribution in [0.3, 0.4) is 0 Å². The number of rotatable bonds is 18. The third kappa shape index (κ3) is 13.8. The van der Waals surface area contributed by atoms with Crippen molar-refractivity contribution in [2.75, 3.05) is 19.7 Å². The molecule has 0 aromatic heterocycles. The number of aliphatic imine (C=N–C) groups is 1. The lowest BCUT2D eigenvalue weighted by Crippen LogP contribution is -2.55. The van der Waals surface area contributed by atoms with E-state index in [2.05, 4.69) is 20.9 Å². The molecule has 0 saturated heterocycles. The van der Waals surface area contributed by atoms with Crippen LogP contribution in [0.4, 0.5) is 0 Å². The minimum atomic E-state index is -1.70. The van der Waals surface area contributed by atoms with Crippen molar-refractivity contribution in [3.05, 3.63) is 29.8 Å². The zero-order valence-corrected chi connectivity index (χ0v) is 23.2. The summed E-state index contributed by atoms with van der Waals surface area (Å²) in [6.45, 7) is -0.425. The van der Waals surface area contributed by atoms with Crippen molar-refractivity contribution in [2.45, 2.75) is 50.7 Å². The highest BCUT2D eigenvalue weighted by Crippen LogP contribution is 2.18.